The third kappa shape index (κ3) is 3.75. The predicted octanol–water partition coefficient (Wildman–Crippen LogP) is 4.02. The SMILES string of the molecule is NCc1ccc(C(=O)NCC2(c3cccc(C(F)(F)F)c3)CCC2)cc1. The molecule has 0 bridgehead atoms. The summed E-state index contributed by atoms with van der Waals surface area (Å²) in [6, 6.07) is 12.4. The summed E-state index contributed by atoms with van der Waals surface area (Å²) in [7, 11) is 0. The molecule has 1 amide bonds. The molecule has 0 aliphatic heterocycles. The van der Waals surface area contributed by atoms with Crippen LogP contribution in [-0.2, 0) is 18.1 Å². The third-order valence-corrected chi connectivity index (χ3v) is 5.15. The number of carbonyl (C=O) groups is 1. The van der Waals surface area contributed by atoms with E-state index in [0.29, 0.717) is 24.2 Å². The van der Waals surface area contributed by atoms with Crippen LogP contribution in [0.15, 0.2) is 48.5 Å². The number of hydrogen-bond acceptors (Lipinski definition) is 2. The summed E-state index contributed by atoms with van der Waals surface area (Å²) in [6.45, 7) is 0.729. The summed E-state index contributed by atoms with van der Waals surface area (Å²) < 4.78 is 39.0. The Morgan fingerprint density at radius 1 is 1.12 bits per heavy atom. The number of amides is 1. The topological polar surface area (TPSA) is 55.1 Å². The lowest BCUT2D eigenvalue weighted by atomic mass is 9.64. The minimum Gasteiger partial charge on any atom is -0.351 e. The molecule has 138 valence electrons. The number of carbonyl (C=O) groups excluding carboxylic acids is 1. The van der Waals surface area contributed by atoms with Crippen LogP contribution in [0.2, 0.25) is 0 Å². The fourth-order valence-electron chi connectivity index (χ4n) is 3.34. The molecule has 0 spiro atoms. The van der Waals surface area contributed by atoms with Crippen molar-refractivity contribution in [3.63, 3.8) is 0 Å². The van der Waals surface area contributed by atoms with E-state index in [1.54, 1.807) is 30.3 Å². The van der Waals surface area contributed by atoms with Gasteiger partial charge < -0.3 is 11.1 Å². The maximum absolute atomic E-state index is 13.0. The molecule has 0 radical (unpaired) electrons. The molecule has 3 rings (SSSR count). The molecule has 0 saturated heterocycles. The lowest BCUT2D eigenvalue weighted by molar-refractivity contribution is -0.137. The van der Waals surface area contributed by atoms with Crippen LogP contribution in [0.1, 0.15) is 46.3 Å². The Morgan fingerprint density at radius 3 is 2.35 bits per heavy atom. The molecule has 2 aromatic carbocycles. The van der Waals surface area contributed by atoms with E-state index in [9.17, 15) is 18.0 Å². The molecule has 6 heteroatoms. The number of hydrogen-bond donors (Lipinski definition) is 2. The average Bonchev–Trinajstić information content (AvgIpc) is 2.60. The van der Waals surface area contributed by atoms with E-state index in [0.717, 1.165) is 30.9 Å². The van der Waals surface area contributed by atoms with Crippen molar-refractivity contribution < 1.29 is 18.0 Å². The van der Waals surface area contributed by atoms with E-state index in [4.69, 9.17) is 5.73 Å². The fourth-order valence-corrected chi connectivity index (χ4v) is 3.34. The van der Waals surface area contributed by atoms with Gasteiger partial charge in [0.15, 0.2) is 0 Å². The van der Waals surface area contributed by atoms with E-state index < -0.39 is 17.2 Å². The summed E-state index contributed by atoms with van der Waals surface area (Å²) in [6.07, 6.45) is -1.90. The first-order chi connectivity index (χ1) is 12.3. The maximum Gasteiger partial charge on any atom is 0.416 e. The predicted molar refractivity (Wildman–Crippen MR) is 93.6 cm³/mol. The second kappa shape index (κ2) is 7.11. The molecule has 26 heavy (non-hydrogen) atoms. The van der Waals surface area contributed by atoms with Gasteiger partial charge in [0.05, 0.1) is 5.56 Å². The van der Waals surface area contributed by atoms with Gasteiger partial charge in [-0.3, -0.25) is 4.79 Å². The standard InChI is InChI=1S/C20H21F3N2O/c21-20(22,23)17-4-1-3-16(11-17)19(9-2-10-19)13-25-18(26)15-7-5-14(12-24)6-8-15/h1,3-8,11H,2,9-10,12-13,24H2,(H,25,26). The van der Waals surface area contributed by atoms with E-state index in [1.807, 2.05) is 0 Å². The van der Waals surface area contributed by atoms with Crippen molar-refractivity contribution in [2.75, 3.05) is 6.54 Å². The molecule has 3 N–H and O–H groups in total. The highest BCUT2D eigenvalue weighted by Crippen LogP contribution is 2.44. The molecule has 1 saturated carbocycles. The average molecular weight is 362 g/mol. The Morgan fingerprint density at radius 2 is 1.81 bits per heavy atom. The highest BCUT2D eigenvalue weighted by Gasteiger charge is 2.40. The van der Waals surface area contributed by atoms with E-state index >= 15 is 0 Å². The van der Waals surface area contributed by atoms with Crippen LogP contribution < -0.4 is 11.1 Å². The van der Waals surface area contributed by atoms with Gasteiger partial charge in [0.1, 0.15) is 0 Å². The molecule has 0 unspecified atom stereocenters. The number of nitrogens with one attached hydrogen (secondary N) is 1. The zero-order chi connectivity index (χ0) is 18.8. The van der Waals surface area contributed by atoms with E-state index in [2.05, 4.69) is 5.32 Å². The van der Waals surface area contributed by atoms with Crippen LogP contribution in [0.3, 0.4) is 0 Å². The van der Waals surface area contributed by atoms with Crippen molar-refractivity contribution in [2.45, 2.75) is 37.4 Å². The first-order valence-electron chi connectivity index (χ1n) is 8.59. The number of rotatable bonds is 5. The van der Waals surface area contributed by atoms with Gasteiger partial charge in [-0.2, -0.15) is 13.2 Å². The minimum absolute atomic E-state index is 0.230. The lowest BCUT2D eigenvalue weighted by Crippen LogP contribution is -2.45. The van der Waals surface area contributed by atoms with Crippen LogP contribution in [-0.4, -0.2) is 12.5 Å². The van der Waals surface area contributed by atoms with Crippen molar-refractivity contribution in [3.05, 3.63) is 70.8 Å². The van der Waals surface area contributed by atoms with Gasteiger partial charge >= 0.3 is 6.18 Å². The molecule has 1 fully saturated rings. The van der Waals surface area contributed by atoms with Crippen molar-refractivity contribution in [3.8, 4) is 0 Å². The first-order valence-corrected chi connectivity index (χ1v) is 8.59. The summed E-state index contributed by atoms with van der Waals surface area (Å²) in [5.74, 6) is -0.230. The van der Waals surface area contributed by atoms with Gasteiger partial charge in [-0.1, -0.05) is 36.8 Å². The van der Waals surface area contributed by atoms with Crippen LogP contribution in [0, 0.1) is 0 Å². The summed E-state index contributed by atoms with van der Waals surface area (Å²) in [5, 5.41) is 2.88. The molecular formula is C20H21F3N2O. The van der Waals surface area contributed by atoms with Crippen molar-refractivity contribution >= 4 is 5.91 Å². The minimum atomic E-state index is -4.37. The molecule has 2 aromatic rings. The van der Waals surface area contributed by atoms with Gasteiger partial charge in [0.2, 0.25) is 0 Å². The number of benzene rings is 2. The number of nitrogens with two attached hydrogens (primary N) is 1. The monoisotopic (exact) mass is 362 g/mol. The first kappa shape index (κ1) is 18.5. The number of alkyl halides is 3. The van der Waals surface area contributed by atoms with Gasteiger partial charge in [0, 0.05) is 24.1 Å². The molecule has 1 aliphatic carbocycles. The zero-order valence-electron chi connectivity index (χ0n) is 14.3. The summed E-state index contributed by atoms with van der Waals surface area (Å²) in [5.41, 5.74) is 6.56. The van der Waals surface area contributed by atoms with Crippen molar-refractivity contribution in [1.82, 2.24) is 5.32 Å². The molecule has 0 atom stereocenters. The zero-order valence-corrected chi connectivity index (χ0v) is 14.3. The third-order valence-electron chi connectivity index (χ3n) is 5.15. The van der Waals surface area contributed by atoms with Crippen LogP contribution >= 0.6 is 0 Å². The van der Waals surface area contributed by atoms with E-state index in [-0.39, 0.29) is 5.91 Å². The molecule has 1 aliphatic rings. The Labute approximate surface area is 150 Å². The van der Waals surface area contributed by atoms with Gasteiger partial charge in [-0.25, -0.2) is 0 Å². The second-order valence-electron chi connectivity index (χ2n) is 6.80. The quantitative estimate of drug-likeness (QED) is 0.844. The molecular weight excluding hydrogens is 341 g/mol. The summed E-state index contributed by atoms with van der Waals surface area (Å²) in [4.78, 5) is 12.4. The van der Waals surface area contributed by atoms with Gasteiger partial charge in [-0.05, 0) is 42.2 Å². The summed E-state index contributed by atoms with van der Waals surface area (Å²) >= 11 is 0. The Kier molecular flexibility index (Phi) is 5.05. The van der Waals surface area contributed by atoms with Crippen LogP contribution in [0.25, 0.3) is 0 Å². The second-order valence-corrected chi connectivity index (χ2v) is 6.80. The Bertz CT molecular complexity index is 780. The Hall–Kier alpha value is -2.34. The van der Waals surface area contributed by atoms with Crippen molar-refractivity contribution in [1.29, 1.82) is 0 Å². The normalized spacial score (nSPS) is 16.0. The fraction of sp³-hybridized carbons (Fsp3) is 0.350. The highest BCUT2D eigenvalue weighted by atomic mass is 19.4. The van der Waals surface area contributed by atoms with Gasteiger partial charge in [0.25, 0.3) is 5.91 Å². The van der Waals surface area contributed by atoms with E-state index in [1.165, 1.54) is 12.1 Å². The lowest BCUT2D eigenvalue weighted by Gasteiger charge is -2.43. The Balaban J connectivity index is 1.73. The molecule has 3 nitrogen and oxygen atoms in total. The van der Waals surface area contributed by atoms with Gasteiger partial charge in [-0.15, -0.1) is 0 Å². The van der Waals surface area contributed by atoms with Crippen molar-refractivity contribution in [2.24, 2.45) is 5.73 Å². The smallest absolute Gasteiger partial charge is 0.351 e. The molecule has 0 aromatic heterocycles. The largest absolute Gasteiger partial charge is 0.416 e. The van der Waals surface area contributed by atoms with Crippen LogP contribution in [0.5, 0.6) is 0 Å². The maximum atomic E-state index is 13.0. The number of halogens is 3. The van der Waals surface area contributed by atoms with Crippen LogP contribution in [0.4, 0.5) is 13.2 Å². The molecule has 0 heterocycles. The highest BCUT2D eigenvalue weighted by molar-refractivity contribution is 5.94.